The molecule has 0 spiro atoms. The minimum absolute atomic E-state index is 0.00510. The van der Waals surface area contributed by atoms with Crippen LogP contribution in [0.3, 0.4) is 0 Å². The summed E-state index contributed by atoms with van der Waals surface area (Å²) in [6, 6.07) is 1.50. The van der Waals surface area contributed by atoms with Crippen molar-refractivity contribution in [2.24, 2.45) is 0 Å². The second kappa shape index (κ2) is 8.45. The number of methoxy groups -OCH3 is 1. The lowest BCUT2D eigenvalue weighted by Crippen LogP contribution is -2.25. The van der Waals surface area contributed by atoms with Crippen LogP contribution >= 0.6 is 34.4 Å². The molecule has 4 heterocycles. The first-order valence-electron chi connectivity index (χ1n) is 10.1. The van der Waals surface area contributed by atoms with Crippen LogP contribution in [0.5, 0.6) is 0 Å². The number of thiophene rings is 1. The van der Waals surface area contributed by atoms with Crippen molar-refractivity contribution in [3.63, 3.8) is 0 Å². The Kier molecular flexibility index (Phi) is 5.67. The van der Waals surface area contributed by atoms with Crippen LogP contribution in [0, 0.1) is 6.92 Å². The van der Waals surface area contributed by atoms with Gasteiger partial charge >= 0.3 is 0 Å². The highest BCUT2D eigenvalue weighted by Gasteiger charge is 2.22. The smallest absolute Gasteiger partial charge is 0.275 e. The van der Waals surface area contributed by atoms with E-state index in [1.807, 2.05) is 6.92 Å². The van der Waals surface area contributed by atoms with Gasteiger partial charge in [0.25, 0.3) is 11.1 Å². The zero-order valence-electron chi connectivity index (χ0n) is 17.2. The fourth-order valence-corrected chi connectivity index (χ4v) is 6.86. The molecule has 0 N–H and O–H groups in total. The fraction of sp³-hybridized carbons (Fsp3) is 0.450. The summed E-state index contributed by atoms with van der Waals surface area (Å²) < 4.78 is 8.27. The maximum absolute atomic E-state index is 13.4. The van der Waals surface area contributed by atoms with E-state index in [0.29, 0.717) is 34.7 Å². The third-order valence-corrected chi connectivity index (χ3v) is 8.33. The van der Waals surface area contributed by atoms with Gasteiger partial charge in [-0.15, -0.1) is 11.3 Å². The maximum Gasteiger partial charge on any atom is 0.275 e. The molecule has 0 unspecified atom stereocenters. The van der Waals surface area contributed by atoms with Gasteiger partial charge in [0.1, 0.15) is 9.84 Å². The predicted octanol–water partition coefficient (Wildman–Crippen LogP) is 3.05. The molecule has 5 rings (SSSR count). The molecule has 0 fully saturated rings. The monoisotopic (exact) mass is 475 g/mol. The molecule has 1 aliphatic carbocycles. The number of nitrogens with zero attached hydrogens (tertiary/aromatic N) is 5. The molecule has 0 bridgehead atoms. The molecule has 0 saturated carbocycles. The summed E-state index contributed by atoms with van der Waals surface area (Å²) in [6.07, 6.45) is 4.26. The minimum Gasteiger partial charge on any atom is -0.383 e. The van der Waals surface area contributed by atoms with Crippen molar-refractivity contribution >= 4 is 49.6 Å². The van der Waals surface area contributed by atoms with Crippen LogP contribution in [-0.4, -0.2) is 37.9 Å². The van der Waals surface area contributed by atoms with E-state index in [0.717, 1.165) is 34.5 Å². The second-order valence-electron chi connectivity index (χ2n) is 7.42. The van der Waals surface area contributed by atoms with E-state index in [1.165, 1.54) is 50.5 Å². The molecule has 0 atom stereocenters. The van der Waals surface area contributed by atoms with Crippen LogP contribution in [0.4, 0.5) is 0 Å². The average Bonchev–Trinajstić information content (AvgIpc) is 3.31. The molecule has 0 radical (unpaired) electrons. The zero-order chi connectivity index (χ0) is 21.5. The fourth-order valence-electron chi connectivity index (χ4n) is 3.87. The van der Waals surface area contributed by atoms with Gasteiger partial charge in [0, 0.05) is 23.8 Å². The van der Waals surface area contributed by atoms with Crippen molar-refractivity contribution in [3.8, 4) is 0 Å². The van der Waals surface area contributed by atoms with E-state index in [-0.39, 0.29) is 11.1 Å². The predicted molar refractivity (Wildman–Crippen MR) is 124 cm³/mol. The van der Waals surface area contributed by atoms with E-state index in [1.54, 1.807) is 23.0 Å². The SMILES string of the molecule is COCCn1c(SCc2cc(=O)n3nc(C)sc3n2)nc2sc3c(c2c1=O)CCCC3. The van der Waals surface area contributed by atoms with Gasteiger partial charge in [0.2, 0.25) is 4.96 Å². The van der Waals surface area contributed by atoms with Crippen LogP contribution in [0.15, 0.2) is 20.8 Å². The molecule has 0 aromatic carbocycles. The molecule has 0 saturated heterocycles. The number of aryl methyl sites for hydroxylation is 3. The summed E-state index contributed by atoms with van der Waals surface area (Å²) in [5.41, 5.74) is 1.64. The standard InChI is InChI=1S/C20H21N5O3S3/c1-11-23-25-15(26)9-12(21-20(25)30-11)10-29-19-22-17-16(18(27)24(19)7-8-28-2)13-5-3-4-6-14(13)31-17/h9H,3-8,10H2,1-2H3. The molecule has 4 aromatic rings. The van der Waals surface area contributed by atoms with E-state index < -0.39 is 0 Å². The lowest BCUT2D eigenvalue weighted by molar-refractivity contribution is 0.183. The Morgan fingerprint density at radius 2 is 2.03 bits per heavy atom. The zero-order valence-corrected chi connectivity index (χ0v) is 19.7. The Hall–Kier alpha value is -2.08. The second-order valence-corrected chi connectivity index (χ2v) is 10.6. The summed E-state index contributed by atoms with van der Waals surface area (Å²) in [5, 5.41) is 6.38. The van der Waals surface area contributed by atoms with Crippen LogP contribution in [-0.2, 0) is 29.9 Å². The number of fused-ring (bicyclic) bond motifs is 4. The lowest BCUT2D eigenvalue weighted by atomic mass is 9.97. The third-order valence-electron chi connectivity index (χ3n) is 5.31. The van der Waals surface area contributed by atoms with Gasteiger partial charge in [0.05, 0.1) is 24.2 Å². The third kappa shape index (κ3) is 3.84. The first-order chi connectivity index (χ1) is 15.0. The van der Waals surface area contributed by atoms with Gasteiger partial charge < -0.3 is 4.74 Å². The van der Waals surface area contributed by atoms with Crippen molar-refractivity contribution in [2.75, 3.05) is 13.7 Å². The Balaban J connectivity index is 1.54. The summed E-state index contributed by atoms with van der Waals surface area (Å²) in [5.74, 6) is 0.443. The highest BCUT2D eigenvalue weighted by molar-refractivity contribution is 7.98. The van der Waals surface area contributed by atoms with E-state index in [2.05, 4.69) is 10.1 Å². The van der Waals surface area contributed by atoms with Crippen molar-refractivity contribution in [1.82, 2.24) is 24.1 Å². The molecular formula is C20H21N5O3S3. The molecule has 162 valence electrons. The van der Waals surface area contributed by atoms with E-state index in [9.17, 15) is 9.59 Å². The quantitative estimate of drug-likeness (QED) is 0.313. The topological polar surface area (TPSA) is 91.4 Å². The summed E-state index contributed by atoms with van der Waals surface area (Å²) >= 11 is 4.45. The largest absolute Gasteiger partial charge is 0.383 e. The number of rotatable bonds is 6. The maximum atomic E-state index is 13.4. The number of hydrogen-bond acceptors (Lipinski definition) is 9. The molecule has 4 aromatic heterocycles. The summed E-state index contributed by atoms with van der Waals surface area (Å²) in [7, 11) is 1.62. The minimum atomic E-state index is -0.198. The highest BCUT2D eigenvalue weighted by Crippen LogP contribution is 2.35. The lowest BCUT2D eigenvalue weighted by Gasteiger charge is -2.13. The Bertz CT molecular complexity index is 1400. The van der Waals surface area contributed by atoms with E-state index in [4.69, 9.17) is 9.72 Å². The molecule has 0 aliphatic heterocycles. The molecular weight excluding hydrogens is 454 g/mol. The van der Waals surface area contributed by atoms with Crippen LogP contribution < -0.4 is 11.1 Å². The van der Waals surface area contributed by atoms with Crippen molar-refractivity contribution in [3.05, 3.63) is 47.9 Å². The molecule has 31 heavy (non-hydrogen) atoms. The highest BCUT2D eigenvalue weighted by atomic mass is 32.2. The first kappa shape index (κ1) is 20.8. The number of thioether (sulfide) groups is 1. The van der Waals surface area contributed by atoms with Gasteiger partial charge in [-0.25, -0.2) is 9.97 Å². The molecule has 1 aliphatic rings. The van der Waals surface area contributed by atoms with Gasteiger partial charge in [-0.1, -0.05) is 23.1 Å². The molecule has 11 heteroatoms. The van der Waals surface area contributed by atoms with Crippen LogP contribution in [0.25, 0.3) is 15.2 Å². The van der Waals surface area contributed by atoms with Crippen molar-refractivity contribution < 1.29 is 4.74 Å². The van der Waals surface area contributed by atoms with Crippen molar-refractivity contribution in [1.29, 1.82) is 0 Å². The Morgan fingerprint density at radius 3 is 2.87 bits per heavy atom. The summed E-state index contributed by atoms with van der Waals surface area (Å²) in [6.45, 7) is 2.72. The van der Waals surface area contributed by atoms with Crippen LogP contribution in [0.2, 0.25) is 0 Å². The van der Waals surface area contributed by atoms with Gasteiger partial charge in [-0.3, -0.25) is 14.2 Å². The van der Waals surface area contributed by atoms with Crippen LogP contribution in [0.1, 0.15) is 34.0 Å². The van der Waals surface area contributed by atoms with Crippen molar-refractivity contribution in [2.45, 2.75) is 50.1 Å². The Morgan fingerprint density at radius 1 is 1.19 bits per heavy atom. The Labute approximate surface area is 189 Å². The van der Waals surface area contributed by atoms with Gasteiger partial charge in [-0.2, -0.15) is 9.61 Å². The van der Waals surface area contributed by atoms with Gasteiger partial charge in [0.15, 0.2) is 5.16 Å². The number of aromatic nitrogens is 5. The average molecular weight is 476 g/mol. The van der Waals surface area contributed by atoms with Gasteiger partial charge in [-0.05, 0) is 38.2 Å². The van der Waals surface area contributed by atoms with E-state index >= 15 is 0 Å². The summed E-state index contributed by atoms with van der Waals surface area (Å²) in [4.78, 5) is 37.9. The molecule has 0 amide bonds. The first-order valence-corrected chi connectivity index (χ1v) is 12.7. The molecule has 8 nitrogen and oxygen atoms in total. The normalized spacial score (nSPS) is 13.9. The number of ether oxygens (including phenoxy) is 1. The number of hydrogen-bond donors (Lipinski definition) is 0.